The van der Waals surface area contributed by atoms with Gasteiger partial charge in [0.1, 0.15) is 11.5 Å². The van der Waals surface area contributed by atoms with Crippen LogP contribution in [0.1, 0.15) is 62.0 Å². The number of piperidine rings is 3. The second-order valence-electron chi connectivity index (χ2n) is 10.4. The highest BCUT2D eigenvalue weighted by molar-refractivity contribution is 5.75. The van der Waals surface area contributed by atoms with E-state index in [1.807, 2.05) is 19.1 Å². The third-order valence-electron chi connectivity index (χ3n) is 8.17. The van der Waals surface area contributed by atoms with Crippen molar-refractivity contribution in [2.45, 2.75) is 77.0 Å². The van der Waals surface area contributed by atoms with Gasteiger partial charge in [0.05, 0.1) is 6.54 Å². The first-order valence-electron chi connectivity index (χ1n) is 13.0. The molecule has 0 spiro atoms. The highest BCUT2D eigenvalue weighted by Gasteiger charge is 2.48. The molecule has 0 unspecified atom stereocenters. The fourth-order valence-electron chi connectivity index (χ4n) is 6.81. The number of nitrogens with zero attached hydrogens (tertiary/aromatic N) is 2. The van der Waals surface area contributed by atoms with Crippen molar-refractivity contribution in [3.8, 4) is 0 Å². The molecular weight excluding hydrogens is 410 g/mol. The lowest BCUT2D eigenvalue weighted by Gasteiger charge is -2.57. The molecule has 0 aliphatic carbocycles. The molecule has 4 heterocycles. The van der Waals surface area contributed by atoms with E-state index in [2.05, 4.69) is 45.4 Å². The molecule has 0 saturated carbocycles. The number of hydrogen-bond donors (Lipinski definition) is 1. The molecule has 3 fully saturated rings. The minimum atomic E-state index is 0.135. The predicted molar refractivity (Wildman–Crippen MR) is 131 cm³/mol. The van der Waals surface area contributed by atoms with Crippen LogP contribution in [-0.2, 0) is 17.9 Å². The first-order chi connectivity index (χ1) is 16.2. The van der Waals surface area contributed by atoms with Gasteiger partial charge >= 0.3 is 0 Å². The number of furan rings is 1. The van der Waals surface area contributed by atoms with Gasteiger partial charge in [-0.1, -0.05) is 30.3 Å². The molecule has 5 heteroatoms. The first kappa shape index (κ1) is 22.7. The van der Waals surface area contributed by atoms with E-state index in [0.717, 1.165) is 48.8 Å². The van der Waals surface area contributed by atoms with Gasteiger partial charge in [0.15, 0.2) is 0 Å². The topological polar surface area (TPSA) is 48.7 Å². The van der Waals surface area contributed by atoms with E-state index < -0.39 is 0 Å². The molecule has 1 N–H and O–H groups in total. The predicted octanol–water partition coefficient (Wildman–Crippen LogP) is 4.75. The molecule has 3 saturated heterocycles. The van der Waals surface area contributed by atoms with Crippen molar-refractivity contribution in [2.24, 2.45) is 11.8 Å². The van der Waals surface area contributed by atoms with Crippen LogP contribution in [0.4, 0.5) is 0 Å². The minimum absolute atomic E-state index is 0.135. The van der Waals surface area contributed by atoms with Crippen LogP contribution < -0.4 is 5.32 Å². The van der Waals surface area contributed by atoms with Crippen molar-refractivity contribution in [3.05, 3.63) is 59.5 Å². The van der Waals surface area contributed by atoms with Crippen LogP contribution in [-0.4, -0.2) is 47.4 Å². The third-order valence-corrected chi connectivity index (χ3v) is 8.17. The summed E-state index contributed by atoms with van der Waals surface area (Å²) in [6.07, 6.45) is 8.07. The fourth-order valence-corrected chi connectivity index (χ4v) is 6.81. The number of nitrogens with one attached hydrogen (secondary N) is 1. The van der Waals surface area contributed by atoms with Crippen LogP contribution in [0.2, 0.25) is 0 Å². The molecule has 33 heavy (non-hydrogen) atoms. The smallest absolute Gasteiger partial charge is 0.220 e. The SMILES string of the molecule is Cc1ccc(CNC(=O)CCC[C@@H]2[C@H]3CCCN4CCC[C@@H](CN2Cc2ccccc2)[C@@H]34)o1. The van der Waals surface area contributed by atoms with Crippen LogP contribution >= 0.6 is 0 Å². The van der Waals surface area contributed by atoms with Crippen LogP contribution in [0.3, 0.4) is 0 Å². The largest absolute Gasteiger partial charge is 0.465 e. The normalized spacial score (nSPS) is 27.8. The van der Waals surface area contributed by atoms with Gasteiger partial charge in [-0.3, -0.25) is 14.6 Å². The Morgan fingerprint density at radius 2 is 1.91 bits per heavy atom. The zero-order chi connectivity index (χ0) is 22.6. The van der Waals surface area contributed by atoms with Gasteiger partial charge in [-0.15, -0.1) is 0 Å². The number of carbonyl (C=O) groups excluding carboxylic acids is 1. The van der Waals surface area contributed by atoms with Gasteiger partial charge < -0.3 is 9.73 Å². The van der Waals surface area contributed by atoms with Crippen molar-refractivity contribution >= 4 is 5.91 Å². The average molecular weight is 450 g/mol. The zero-order valence-corrected chi connectivity index (χ0v) is 20.0. The minimum Gasteiger partial charge on any atom is -0.465 e. The lowest BCUT2D eigenvalue weighted by Crippen LogP contribution is -2.64. The van der Waals surface area contributed by atoms with Gasteiger partial charge in [-0.25, -0.2) is 0 Å². The highest BCUT2D eigenvalue weighted by atomic mass is 16.3. The average Bonchev–Trinajstić information content (AvgIpc) is 3.25. The molecule has 178 valence electrons. The highest BCUT2D eigenvalue weighted by Crippen LogP contribution is 2.43. The summed E-state index contributed by atoms with van der Waals surface area (Å²) >= 11 is 0. The molecule has 1 amide bonds. The molecule has 3 aliphatic heterocycles. The number of likely N-dealkylation sites (tertiary alicyclic amines) is 1. The van der Waals surface area contributed by atoms with Crippen molar-refractivity contribution < 1.29 is 9.21 Å². The summed E-state index contributed by atoms with van der Waals surface area (Å²) in [6, 6.07) is 16.2. The van der Waals surface area contributed by atoms with E-state index in [0.29, 0.717) is 19.0 Å². The molecule has 1 aromatic heterocycles. The van der Waals surface area contributed by atoms with Gasteiger partial charge in [-0.2, -0.15) is 0 Å². The van der Waals surface area contributed by atoms with Crippen molar-refractivity contribution in [2.75, 3.05) is 19.6 Å². The lowest BCUT2D eigenvalue weighted by atomic mass is 9.69. The quantitative estimate of drug-likeness (QED) is 0.632. The Bertz CT molecular complexity index is 909. The van der Waals surface area contributed by atoms with E-state index in [4.69, 9.17) is 4.42 Å². The Hall–Kier alpha value is -2.11. The van der Waals surface area contributed by atoms with Crippen LogP contribution in [0.5, 0.6) is 0 Å². The number of benzene rings is 1. The summed E-state index contributed by atoms with van der Waals surface area (Å²) in [5.74, 6) is 3.40. The van der Waals surface area contributed by atoms with Crippen LogP contribution in [0.15, 0.2) is 46.9 Å². The van der Waals surface area contributed by atoms with Gasteiger partial charge in [0, 0.05) is 31.6 Å². The van der Waals surface area contributed by atoms with Crippen molar-refractivity contribution in [3.63, 3.8) is 0 Å². The van der Waals surface area contributed by atoms with E-state index >= 15 is 0 Å². The Labute approximate surface area is 198 Å². The summed E-state index contributed by atoms with van der Waals surface area (Å²) in [4.78, 5) is 18.1. The van der Waals surface area contributed by atoms with Crippen LogP contribution in [0.25, 0.3) is 0 Å². The van der Waals surface area contributed by atoms with Crippen LogP contribution in [0, 0.1) is 18.8 Å². The second kappa shape index (κ2) is 10.4. The maximum Gasteiger partial charge on any atom is 0.220 e. The Morgan fingerprint density at radius 1 is 1.09 bits per heavy atom. The molecule has 5 nitrogen and oxygen atoms in total. The van der Waals surface area contributed by atoms with Gasteiger partial charge in [0.25, 0.3) is 0 Å². The summed E-state index contributed by atoms with van der Waals surface area (Å²) in [5.41, 5.74) is 1.41. The van der Waals surface area contributed by atoms with E-state index in [-0.39, 0.29) is 5.91 Å². The molecule has 0 bridgehead atoms. The number of carbonyl (C=O) groups is 1. The number of hydrogen-bond acceptors (Lipinski definition) is 4. The lowest BCUT2D eigenvalue weighted by molar-refractivity contribution is -0.121. The number of amides is 1. The molecular formula is C28H39N3O2. The standard InChI is InChI=1S/C28H39N3O2/c1-21-14-15-24(33-21)18-29-27(32)13-5-12-26-25-11-7-17-30-16-6-10-23(28(25)30)20-31(26)19-22-8-3-2-4-9-22/h2-4,8-9,14-15,23,25-26,28H,5-7,10-13,16-20H2,1H3,(H,29,32)/t23-,25+,26+,28-/m0/s1. The van der Waals surface area contributed by atoms with Gasteiger partial charge in [0.2, 0.25) is 5.91 Å². The summed E-state index contributed by atoms with van der Waals surface area (Å²) < 4.78 is 5.57. The Morgan fingerprint density at radius 3 is 2.70 bits per heavy atom. The summed E-state index contributed by atoms with van der Waals surface area (Å²) in [6.45, 7) is 7.24. The first-order valence-corrected chi connectivity index (χ1v) is 13.0. The molecule has 0 radical (unpaired) electrons. The van der Waals surface area contributed by atoms with Crippen molar-refractivity contribution in [1.82, 2.24) is 15.1 Å². The van der Waals surface area contributed by atoms with E-state index in [1.165, 1.54) is 50.9 Å². The van der Waals surface area contributed by atoms with Crippen molar-refractivity contribution in [1.29, 1.82) is 0 Å². The Kier molecular flexibility index (Phi) is 7.17. The number of rotatable bonds is 8. The Balaban J connectivity index is 1.22. The summed E-state index contributed by atoms with van der Waals surface area (Å²) in [7, 11) is 0. The monoisotopic (exact) mass is 449 g/mol. The van der Waals surface area contributed by atoms with E-state index in [9.17, 15) is 4.79 Å². The molecule has 5 rings (SSSR count). The fraction of sp³-hybridized carbons (Fsp3) is 0.607. The van der Waals surface area contributed by atoms with Gasteiger partial charge in [-0.05, 0) is 88.1 Å². The zero-order valence-electron chi connectivity index (χ0n) is 20.0. The molecule has 2 aromatic rings. The van der Waals surface area contributed by atoms with E-state index in [1.54, 1.807) is 0 Å². The second-order valence-corrected chi connectivity index (χ2v) is 10.4. The molecule has 1 aromatic carbocycles. The maximum atomic E-state index is 12.5. The molecule has 3 aliphatic rings. The number of aryl methyl sites for hydroxylation is 1. The third kappa shape index (κ3) is 5.36. The summed E-state index contributed by atoms with van der Waals surface area (Å²) in [5, 5.41) is 3.04. The molecule has 4 atom stereocenters. The maximum absolute atomic E-state index is 12.5.